The van der Waals surface area contributed by atoms with Gasteiger partial charge in [0.05, 0.1) is 5.56 Å². The fraction of sp³-hybridized carbons (Fsp3) is 0.389. The molecule has 0 bridgehead atoms. The monoisotopic (exact) mass is 637 g/mol. The summed E-state index contributed by atoms with van der Waals surface area (Å²) < 4.78 is 65.7. The first-order valence-electron chi connectivity index (χ1n) is 15.7. The van der Waals surface area contributed by atoms with Crippen molar-refractivity contribution in [1.82, 2.24) is 10.2 Å². The van der Waals surface area contributed by atoms with Gasteiger partial charge in [-0.15, -0.1) is 0 Å². The number of alkyl halides is 5. The first kappa shape index (κ1) is 31.8. The third-order valence-corrected chi connectivity index (χ3v) is 9.44. The number of nitrogens with zero attached hydrogens (tertiary/aromatic N) is 1. The lowest BCUT2D eigenvalue weighted by atomic mass is 9.80. The number of halogens is 5. The molecule has 0 spiro atoms. The second-order valence-electron chi connectivity index (χ2n) is 12.8. The number of benzene rings is 3. The lowest BCUT2D eigenvalue weighted by molar-refractivity contribution is -0.137. The Morgan fingerprint density at radius 1 is 0.870 bits per heavy atom. The normalized spacial score (nSPS) is 18.7. The van der Waals surface area contributed by atoms with Gasteiger partial charge in [-0.2, -0.15) is 13.2 Å². The molecular weight excluding hydrogens is 601 g/mol. The second-order valence-corrected chi connectivity index (χ2v) is 12.8. The van der Waals surface area contributed by atoms with Crippen LogP contribution in [0.4, 0.5) is 32.4 Å². The van der Waals surface area contributed by atoms with Crippen molar-refractivity contribution in [3.8, 4) is 0 Å². The minimum absolute atomic E-state index is 0.0214. The summed E-state index contributed by atoms with van der Waals surface area (Å²) in [5, 5.41) is 5.75. The number of fused-ring (bicyclic) bond motifs is 2. The Morgan fingerprint density at radius 2 is 1.54 bits per heavy atom. The van der Waals surface area contributed by atoms with E-state index in [1.807, 2.05) is 18.2 Å². The zero-order chi connectivity index (χ0) is 32.6. The van der Waals surface area contributed by atoms with Gasteiger partial charge in [0.1, 0.15) is 0 Å². The van der Waals surface area contributed by atoms with Crippen LogP contribution in [0.25, 0.3) is 5.57 Å². The largest absolute Gasteiger partial charge is 0.416 e. The zero-order valence-electron chi connectivity index (χ0n) is 25.5. The van der Waals surface area contributed by atoms with Crippen LogP contribution in [0, 0.1) is 5.92 Å². The minimum Gasteiger partial charge on any atom is -0.349 e. The third-order valence-electron chi connectivity index (χ3n) is 9.44. The Morgan fingerprint density at radius 3 is 2.20 bits per heavy atom. The van der Waals surface area contributed by atoms with Crippen molar-refractivity contribution in [1.29, 1.82) is 0 Å². The first-order valence-corrected chi connectivity index (χ1v) is 15.7. The van der Waals surface area contributed by atoms with Crippen molar-refractivity contribution in [2.45, 2.75) is 70.0 Å². The van der Waals surface area contributed by atoms with Gasteiger partial charge in [-0.05, 0) is 110 Å². The van der Waals surface area contributed by atoms with Crippen LogP contribution in [0.15, 0.2) is 72.3 Å². The number of amides is 3. The average molecular weight is 638 g/mol. The van der Waals surface area contributed by atoms with E-state index in [-0.39, 0.29) is 23.2 Å². The number of carbonyl (C=O) groups is 2. The van der Waals surface area contributed by atoms with Gasteiger partial charge in [0.2, 0.25) is 0 Å². The molecule has 10 heteroatoms. The van der Waals surface area contributed by atoms with Crippen LogP contribution in [0.5, 0.6) is 0 Å². The van der Waals surface area contributed by atoms with Gasteiger partial charge in [0, 0.05) is 42.9 Å². The number of likely N-dealkylation sites (tertiary alicyclic amines) is 1. The van der Waals surface area contributed by atoms with Gasteiger partial charge in [-0.25, -0.2) is 13.6 Å². The van der Waals surface area contributed by atoms with Gasteiger partial charge in [-0.1, -0.05) is 35.9 Å². The molecule has 1 heterocycles. The highest BCUT2D eigenvalue weighted by Gasteiger charge is 2.32. The Balaban J connectivity index is 1.02. The van der Waals surface area contributed by atoms with Crippen LogP contribution in [-0.2, 0) is 24.9 Å². The summed E-state index contributed by atoms with van der Waals surface area (Å²) in [6, 6.07) is 16.3. The standard InChI is InChI=1S/C36H36F5N3O2/c1-35(37,38)27-8-3-22(4-9-27)18-23-2-5-24-20-25-6-7-26(21-32(25)31(24)19-23)33(45)42-30-14-16-44(17-15-30)34(46)43-29-12-10-28(11-13-29)36(39,40)41/h3-4,6-13,21,23,30H,2,5,14-20H2,1H3,(H,42,45)(H,43,46). The molecule has 1 aliphatic heterocycles. The van der Waals surface area contributed by atoms with Crippen molar-refractivity contribution < 1.29 is 31.5 Å². The number of anilines is 1. The number of urea groups is 1. The summed E-state index contributed by atoms with van der Waals surface area (Å²) in [5.41, 5.74) is 6.25. The van der Waals surface area contributed by atoms with E-state index >= 15 is 0 Å². The number of hydrogen-bond acceptors (Lipinski definition) is 2. The van der Waals surface area contributed by atoms with Crippen LogP contribution >= 0.6 is 0 Å². The fourth-order valence-electron chi connectivity index (χ4n) is 6.82. The van der Waals surface area contributed by atoms with Gasteiger partial charge in [0.15, 0.2) is 0 Å². The summed E-state index contributed by atoms with van der Waals surface area (Å²) in [6.07, 6.45) is 1.33. The van der Waals surface area contributed by atoms with Crippen molar-refractivity contribution in [3.05, 3.63) is 106 Å². The lowest BCUT2D eigenvalue weighted by Gasteiger charge is -2.32. The van der Waals surface area contributed by atoms with Gasteiger partial charge < -0.3 is 15.5 Å². The third kappa shape index (κ3) is 7.11. The minimum atomic E-state index is -4.44. The molecule has 1 unspecified atom stereocenters. The Bertz CT molecular complexity index is 1630. The molecule has 1 atom stereocenters. The number of rotatable bonds is 6. The molecule has 3 amide bonds. The van der Waals surface area contributed by atoms with Gasteiger partial charge in [-0.3, -0.25) is 4.79 Å². The van der Waals surface area contributed by atoms with Crippen molar-refractivity contribution in [3.63, 3.8) is 0 Å². The van der Waals surface area contributed by atoms with Crippen molar-refractivity contribution in [2.24, 2.45) is 5.92 Å². The first-order chi connectivity index (χ1) is 21.8. The molecule has 2 aliphatic carbocycles. The smallest absolute Gasteiger partial charge is 0.349 e. The molecule has 5 nitrogen and oxygen atoms in total. The molecule has 0 aromatic heterocycles. The molecule has 3 aromatic carbocycles. The summed E-state index contributed by atoms with van der Waals surface area (Å²) in [7, 11) is 0. The highest BCUT2D eigenvalue weighted by atomic mass is 19.4. The van der Waals surface area contributed by atoms with Crippen molar-refractivity contribution >= 4 is 23.2 Å². The van der Waals surface area contributed by atoms with Gasteiger partial charge >= 0.3 is 12.2 Å². The number of nitrogens with one attached hydrogen (secondary N) is 2. The Hall–Kier alpha value is -4.21. The molecule has 0 saturated carbocycles. The molecule has 3 aromatic rings. The summed E-state index contributed by atoms with van der Waals surface area (Å²) in [5.74, 6) is -2.61. The fourth-order valence-corrected chi connectivity index (χ4v) is 6.82. The van der Waals surface area contributed by atoms with Crippen LogP contribution in [0.2, 0.25) is 0 Å². The average Bonchev–Trinajstić information content (AvgIpc) is 3.38. The predicted molar refractivity (Wildman–Crippen MR) is 167 cm³/mol. The number of allylic oxidation sites excluding steroid dienone is 2. The number of piperidine rings is 1. The van der Waals surface area contributed by atoms with E-state index in [4.69, 9.17) is 0 Å². The number of carbonyl (C=O) groups excluding carboxylic acids is 2. The van der Waals surface area contributed by atoms with E-state index in [2.05, 4.69) is 10.6 Å². The summed E-state index contributed by atoms with van der Waals surface area (Å²) in [4.78, 5) is 27.5. The second kappa shape index (κ2) is 12.5. The van der Waals surface area contributed by atoms with E-state index in [0.717, 1.165) is 62.3 Å². The van der Waals surface area contributed by atoms with Crippen LogP contribution in [-0.4, -0.2) is 36.0 Å². The molecule has 46 heavy (non-hydrogen) atoms. The van der Waals surface area contributed by atoms with E-state index in [9.17, 15) is 31.5 Å². The van der Waals surface area contributed by atoms with Crippen LogP contribution in [0.1, 0.15) is 77.2 Å². The van der Waals surface area contributed by atoms with E-state index in [1.165, 1.54) is 41.0 Å². The lowest BCUT2D eigenvalue weighted by Crippen LogP contribution is -2.47. The van der Waals surface area contributed by atoms with Crippen molar-refractivity contribution in [2.75, 3.05) is 18.4 Å². The molecule has 0 radical (unpaired) electrons. The maximum absolute atomic E-state index is 13.6. The predicted octanol–water partition coefficient (Wildman–Crippen LogP) is 8.60. The maximum Gasteiger partial charge on any atom is 0.416 e. The van der Waals surface area contributed by atoms with E-state index in [0.29, 0.717) is 37.4 Å². The molecule has 6 rings (SSSR count). The van der Waals surface area contributed by atoms with Crippen LogP contribution in [0.3, 0.4) is 0 Å². The topological polar surface area (TPSA) is 61.4 Å². The molecular formula is C36H36F5N3O2. The van der Waals surface area contributed by atoms with E-state index in [1.54, 1.807) is 17.0 Å². The highest BCUT2D eigenvalue weighted by Crippen LogP contribution is 2.45. The molecule has 1 saturated heterocycles. The van der Waals surface area contributed by atoms with E-state index < -0.39 is 23.7 Å². The quantitative estimate of drug-likeness (QED) is 0.266. The zero-order valence-corrected chi connectivity index (χ0v) is 25.5. The molecule has 1 fully saturated rings. The Kier molecular flexibility index (Phi) is 8.65. The number of hydrogen-bond donors (Lipinski definition) is 2. The molecule has 242 valence electrons. The molecule has 2 N–H and O–H groups in total. The van der Waals surface area contributed by atoms with Crippen LogP contribution < -0.4 is 10.6 Å². The summed E-state index contributed by atoms with van der Waals surface area (Å²) >= 11 is 0. The maximum atomic E-state index is 13.6. The van der Waals surface area contributed by atoms with Gasteiger partial charge in [0.25, 0.3) is 11.8 Å². The highest BCUT2D eigenvalue weighted by molar-refractivity contribution is 5.96. The molecule has 3 aliphatic rings. The SMILES string of the molecule is CC(F)(F)c1ccc(CC2CCC3=C(C2)c2cc(C(=O)NC4CCN(C(=O)Nc5ccc(C(F)(F)F)cc5)CC4)ccc2C3)cc1. The summed E-state index contributed by atoms with van der Waals surface area (Å²) in [6.45, 7) is 1.72. The Labute approximate surface area is 264 Å².